The van der Waals surface area contributed by atoms with Gasteiger partial charge in [0.2, 0.25) is 0 Å². The fourth-order valence-electron chi connectivity index (χ4n) is 1.69. The van der Waals surface area contributed by atoms with Crippen molar-refractivity contribution >= 4 is 11.3 Å². The standard InChI is InChI=1S/C15H16N2S/c1-15(2,3)8-14-17-13(10-18-14)12-6-4-11(9-16)5-7-12/h4-7,10H,8H2,1-3H3. The molecule has 0 bridgehead atoms. The molecule has 0 radical (unpaired) electrons. The van der Waals surface area contributed by atoms with Crippen LogP contribution in [0.25, 0.3) is 11.3 Å². The maximum absolute atomic E-state index is 8.77. The summed E-state index contributed by atoms with van der Waals surface area (Å²) in [6.45, 7) is 6.65. The van der Waals surface area contributed by atoms with Gasteiger partial charge in [0.1, 0.15) is 0 Å². The van der Waals surface area contributed by atoms with Crippen molar-refractivity contribution in [3.05, 3.63) is 40.2 Å². The Morgan fingerprint density at radius 3 is 2.44 bits per heavy atom. The molecule has 0 saturated carbocycles. The van der Waals surface area contributed by atoms with Gasteiger partial charge in [-0.05, 0) is 17.5 Å². The Morgan fingerprint density at radius 2 is 1.89 bits per heavy atom. The van der Waals surface area contributed by atoms with E-state index in [4.69, 9.17) is 5.26 Å². The smallest absolute Gasteiger partial charge is 0.0991 e. The Labute approximate surface area is 112 Å². The molecule has 1 aromatic heterocycles. The van der Waals surface area contributed by atoms with Crippen LogP contribution in [0, 0.1) is 16.7 Å². The number of nitriles is 1. The minimum atomic E-state index is 0.264. The number of rotatable bonds is 2. The van der Waals surface area contributed by atoms with Crippen LogP contribution in [-0.2, 0) is 6.42 Å². The quantitative estimate of drug-likeness (QED) is 0.804. The molecule has 0 saturated heterocycles. The maximum atomic E-state index is 8.77. The second-order valence-corrected chi connectivity index (χ2v) is 6.50. The van der Waals surface area contributed by atoms with Crippen molar-refractivity contribution in [3.63, 3.8) is 0 Å². The Balaban J connectivity index is 2.21. The van der Waals surface area contributed by atoms with E-state index in [1.54, 1.807) is 11.3 Å². The lowest BCUT2D eigenvalue weighted by molar-refractivity contribution is 0.410. The Morgan fingerprint density at radius 1 is 1.22 bits per heavy atom. The van der Waals surface area contributed by atoms with Crippen LogP contribution in [0.2, 0.25) is 0 Å². The molecule has 2 nitrogen and oxygen atoms in total. The average Bonchev–Trinajstić information content (AvgIpc) is 2.75. The van der Waals surface area contributed by atoms with Crippen LogP contribution in [0.4, 0.5) is 0 Å². The Kier molecular flexibility index (Phi) is 3.49. The first-order valence-corrected chi connectivity index (χ1v) is 6.81. The van der Waals surface area contributed by atoms with Gasteiger partial charge in [0.25, 0.3) is 0 Å². The molecule has 0 N–H and O–H groups in total. The van der Waals surface area contributed by atoms with E-state index in [9.17, 15) is 0 Å². The van der Waals surface area contributed by atoms with E-state index >= 15 is 0 Å². The predicted molar refractivity (Wildman–Crippen MR) is 75.4 cm³/mol. The van der Waals surface area contributed by atoms with Crippen LogP contribution in [0.1, 0.15) is 31.3 Å². The van der Waals surface area contributed by atoms with E-state index in [0.29, 0.717) is 5.56 Å². The molecule has 1 heterocycles. The largest absolute Gasteiger partial charge is 0.241 e. The van der Waals surface area contributed by atoms with Gasteiger partial charge < -0.3 is 0 Å². The first-order chi connectivity index (χ1) is 8.48. The highest BCUT2D eigenvalue weighted by Crippen LogP contribution is 2.27. The van der Waals surface area contributed by atoms with E-state index in [1.807, 2.05) is 24.3 Å². The van der Waals surface area contributed by atoms with Crippen LogP contribution in [0.5, 0.6) is 0 Å². The van der Waals surface area contributed by atoms with Gasteiger partial charge in [0, 0.05) is 17.4 Å². The molecule has 0 unspecified atom stereocenters. The summed E-state index contributed by atoms with van der Waals surface area (Å²) >= 11 is 1.71. The number of thiazole rings is 1. The van der Waals surface area contributed by atoms with Crippen LogP contribution < -0.4 is 0 Å². The third-order valence-corrected chi connectivity index (χ3v) is 3.39. The minimum Gasteiger partial charge on any atom is -0.241 e. The summed E-state index contributed by atoms with van der Waals surface area (Å²) in [5.41, 5.74) is 3.03. The van der Waals surface area contributed by atoms with Gasteiger partial charge in [-0.2, -0.15) is 5.26 Å². The van der Waals surface area contributed by atoms with Crippen LogP contribution >= 0.6 is 11.3 Å². The highest BCUT2D eigenvalue weighted by molar-refractivity contribution is 7.09. The topological polar surface area (TPSA) is 36.7 Å². The molecule has 92 valence electrons. The molecular weight excluding hydrogens is 240 g/mol. The van der Waals surface area contributed by atoms with Crippen molar-refractivity contribution in [1.82, 2.24) is 4.98 Å². The summed E-state index contributed by atoms with van der Waals surface area (Å²) in [5, 5.41) is 12.0. The number of aromatic nitrogens is 1. The van der Waals surface area contributed by atoms with Crippen molar-refractivity contribution in [2.75, 3.05) is 0 Å². The zero-order chi connectivity index (χ0) is 13.2. The Hall–Kier alpha value is -1.66. The molecule has 3 heteroatoms. The van der Waals surface area contributed by atoms with Crippen LogP contribution in [-0.4, -0.2) is 4.98 Å². The number of benzene rings is 1. The summed E-state index contributed by atoms with van der Waals surface area (Å²) in [6, 6.07) is 9.69. The molecule has 1 aromatic carbocycles. The molecule has 0 atom stereocenters. The zero-order valence-electron chi connectivity index (χ0n) is 10.9. The number of nitrogens with zero attached hydrogens (tertiary/aromatic N) is 2. The molecule has 0 aliphatic heterocycles. The zero-order valence-corrected chi connectivity index (χ0v) is 11.7. The molecule has 0 spiro atoms. The first kappa shape index (κ1) is 12.8. The average molecular weight is 256 g/mol. The summed E-state index contributed by atoms with van der Waals surface area (Å²) in [6.07, 6.45) is 0.994. The molecule has 0 aliphatic carbocycles. The summed E-state index contributed by atoms with van der Waals surface area (Å²) in [5.74, 6) is 0. The van der Waals surface area contributed by atoms with Crippen molar-refractivity contribution < 1.29 is 0 Å². The summed E-state index contributed by atoms with van der Waals surface area (Å²) < 4.78 is 0. The van der Waals surface area contributed by atoms with Crippen molar-refractivity contribution in [2.45, 2.75) is 27.2 Å². The lowest BCUT2D eigenvalue weighted by Gasteiger charge is -2.15. The van der Waals surface area contributed by atoms with Gasteiger partial charge >= 0.3 is 0 Å². The summed E-state index contributed by atoms with van der Waals surface area (Å²) in [4.78, 5) is 4.66. The van der Waals surface area contributed by atoms with E-state index in [2.05, 4.69) is 37.2 Å². The third kappa shape index (κ3) is 3.18. The fourth-order valence-corrected chi connectivity index (χ4v) is 2.80. The fraction of sp³-hybridized carbons (Fsp3) is 0.333. The SMILES string of the molecule is CC(C)(C)Cc1nc(-c2ccc(C#N)cc2)cs1. The third-order valence-electron chi connectivity index (χ3n) is 2.54. The monoisotopic (exact) mass is 256 g/mol. The second-order valence-electron chi connectivity index (χ2n) is 5.55. The highest BCUT2D eigenvalue weighted by atomic mass is 32.1. The van der Waals surface area contributed by atoms with Gasteiger partial charge in [-0.25, -0.2) is 4.98 Å². The predicted octanol–water partition coefficient (Wildman–Crippen LogP) is 4.27. The number of hydrogen-bond acceptors (Lipinski definition) is 3. The van der Waals surface area contributed by atoms with Gasteiger partial charge in [0.15, 0.2) is 0 Å². The molecule has 2 rings (SSSR count). The van der Waals surface area contributed by atoms with Crippen molar-refractivity contribution in [3.8, 4) is 17.3 Å². The van der Waals surface area contributed by atoms with Crippen LogP contribution in [0.15, 0.2) is 29.6 Å². The van der Waals surface area contributed by atoms with E-state index in [1.165, 1.54) is 5.01 Å². The van der Waals surface area contributed by atoms with E-state index in [0.717, 1.165) is 17.7 Å². The molecule has 0 amide bonds. The van der Waals surface area contributed by atoms with E-state index in [-0.39, 0.29) is 5.41 Å². The normalized spacial score (nSPS) is 11.2. The van der Waals surface area contributed by atoms with Gasteiger partial charge in [-0.1, -0.05) is 32.9 Å². The second kappa shape index (κ2) is 4.91. The minimum absolute atomic E-state index is 0.264. The lowest BCUT2D eigenvalue weighted by atomic mass is 9.93. The molecule has 2 aromatic rings. The van der Waals surface area contributed by atoms with Crippen molar-refractivity contribution in [2.24, 2.45) is 5.41 Å². The van der Waals surface area contributed by atoms with E-state index < -0.39 is 0 Å². The summed E-state index contributed by atoms with van der Waals surface area (Å²) in [7, 11) is 0. The number of hydrogen-bond donors (Lipinski definition) is 0. The van der Waals surface area contributed by atoms with Gasteiger partial charge in [-0.3, -0.25) is 0 Å². The highest BCUT2D eigenvalue weighted by Gasteiger charge is 2.14. The lowest BCUT2D eigenvalue weighted by Crippen LogP contribution is -2.08. The maximum Gasteiger partial charge on any atom is 0.0991 e. The molecule has 0 fully saturated rings. The van der Waals surface area contributed by atoms with Crippen molar-refractivity contribution in [1.29, 1.82) is 5.26 Å². The first-order valence-electron chi connectivity index (χ1n) is 5.93. The molecular formula is C15H16N2S. The van der Waals surface area contributed by atoms with Crippen LogP contribution in [0.3, 0.4) is 0 Å². The van der Waals surface area contributed by atoms with Gasteiger partial charge in [0.05, 0.1) is 22.3 Å². The molecule has 18 heavy (non-hydrogen) atoms. The Bertz CT molecular complexity index is 568. The molecule has 0 aliphatic rings. The van der Waals surface area contributed by atoms with Gasteiger partial charge in [-0.15, -0.1) is 11.3 Å².